The van der Waals surface area contributed by atoms with Crippen LogP contribution in [-0.4, -0.2) is 21.5 Å². The molecule has 0 aliphatic heterocycles. The maximum Gasteiger partial charge on any atom is 0.258 e. The molecule has 0 radical (unpaired) electrons. The second-order valence-corrected chi connectivity index (χ2v) is 7.37. The van der Waals surface area contributed by atoms with E-state index < -0.39 is 0 Å². The molecule has 0 N–H and O–H groups in total. The molecule has 20 heavy (non-hydrogen) atoms. The summed E-state index contributed by atoms with van der Waals surface area (Å²) in [6, 6.07) is 0. The number of hydrogen-bond donors (Lipinski definition) is 0. The number of imidazole rings is 1. The van der Waals surface area contributed by atoms with E-state index in [1.54, 1.807) is 7.11 Å². The van der Waals surface area contributed by atoms with Crippen LogP contribution in [0.25, 0.3) is 5.65 Å². The van der Waals surface area contributed by atoms with Crippen LogP contribution in [0.1, 0.15) is 58.6 Å². The summed E-state index contributed by atoms with van der Waals surface area (Å²) in [4.78, 5) is 9.27. The predicted molar refractivity (Wildman–Crippen MR) is 81.7 cm³/mol. The molecule has 0 atom stereocenters. The number of hydrogen-bond acceptors (Lipinski definition) is 3. The smallest absolute Gasteiger partial charge is 0.258 e. The third-order valence-corrected chi connectivity index (χ3v) is 3.42. The van der Waals surface area contributed by atoms with Gasteiger partial charge in [-0.15, -0.1) is 0 Å². The first-order valence-corrected chi connectivity index (χ1v) is 7.00. The molecule has 0 bridgehead atoms. The first-order valence-electron chi connectivity index (χ1n) is 7.00. The monoisotopic (exact) mass is 275 g/mol. The van der Waals surface area contributed by atoms with Gasteiger partial charge in [0.25, 0.3) is 5.88 Å². The molecule has 0 unspecified atom stereocenters. The molecule has 2 heterocycles. The molecule has 0 aliphatic carbocycles. The average molecular weight is 275 g/mol. The SMILES string of the molecule is COc1nc(C(C)(C)C)cn2c(C(C)(C)C)c(C)nc12. The van der Waals surface area contributed by atoms with Gasteiger partial charge in [0.05, 0.1) is 24.2 Å². The fourth-order valence-corrected chi connectivity index (χ4v) is 2.54. The highest BCUT2D eigenvalue weighted by Gasteiger charge is 2.26. The van der Waals surface area contributed by atoms with Crippen molar-refractivity contribution < 1.29 is 4.74 Å². The van der Waals surface area contributed by atoms with Crippen LogP contribution < -0.4 is 4.74 Å². The largest absolute Gasteiger partial charge is 0.478 e. The Kier molecular flexibility index (Phi) is 3.31. The van der Waals surface area contributed by atoms with E-state index in [-0.39, 0.29) is 10.8 Å². The van der Waals surface area contributed by atoms with Crippen molar-refractivity contribution in [2.75, 3.05) is 7.11 Å². The average Bonchev–Trinajstić information content (AvgIpc) is 2.61. The predicted octanol–water partition coefficient (Wildman–Crippen LogP) is 3.64. The van der Waals surface area contributed by atoms with Gasteiger partial charge >= 0.3 is 0 Å². The molecule has 4 heteroatoms. The van der Waals surface area contributed by atoms with E-state index in [2.05, 4.69) is 62.1 Å². The summed E-state index contributed by atoms with van der Waals surface area (Å²) in [5.74, 6) is 0.594. The van der Waals surface area contributed by atoms with Gasteiger partial charge < -0.3 is 4.74 Å². The number of aryl methyl sites for hydroxylation is 1. The summed E-state index contributed by atoms with van der Waals surface area (Å²) >= 11 is 0. The maximum absolute atomic E-state index is 5.45. The fraction of sp³-hybridized carbons (Fsp3) is 0.625. The van der Waals surface area contributed by atoms with E-state index in [0.29, 0.717) is 5.88 Å². The Morgan fingerprint density at radius 1 is 1.00 bits per heavy atom. The standard InChI is InChI=1S/C16H25N3O/c1-10-12(16(5,6)7)19-9-11(15(2,3)4)18-14(20-8)13(19)17-10/h9H,1-8H3. The molecule has 2 aromatic heterocycles. The maximum atomic E-state index is 5.45. The van der Waals surface area contributed by atoms with Crippen LogP contribution in [0.5, 0.6) is 5.88 Å². The van der Waals surface area contributed by atoms with Crippen molar-refractivity contribution in [1.29, 1.82) is 0 Å². The van der Waals surface area contributed by atoms with Gasteiger partial charge in [0.15, 0.2) is 0 Å². The zero-order valence-corrected chi connectivity index (χ0v) is 13.8. The number of aromatic nitrogens is 3. The lowest BCUT2D eigenvalue weighted by molar-refractivity contribution is 0.393. The highest BCUT2D eigenvalue weighted by molar-refractivity contribution is 5.54. The normalized spacial score (nSPS) is 13.0. The third-order valence-electron chi connectivity index (χ3n) is 3.42. The molecule has 4 nitrogen and oxygen atoms in total. The van der Waals surface area contributed by atoms with Crippen LogP contribution in [0.4, 0.5) is 0 Å². The zero-order chi connectivity index (χ0) is 15.3. The highest BCUT2D eigenvalue weighted by Crippen LogP contribution is 2.31. The molecule has 0 saturated heterocycles. The van der Waals surface area contributed by atoms with E-state index in [0.717, 1.165) is 17.0 Å². The number of methoxy groups -OCH3 is 1. The first kappa shape index (κ1) is 14.8. The number of ether oxygens (including phenoxy) is 1. The van der Waals surface area contributed by atoms with Gasteiger partial charge in [-0.3, -0.25) is 4.40 Å². The Morgan fingerprint density at radius 3 is 2.05 bits per heavy atom. The van der Waals surface area contributed by atoms with Crippen LogP contribution in [0, 0.1) is 6.92 Å². The van der Waals surface area contributed by atoms with Gasteiger partial charge in [0, 0.05) is 17.0 Å². The molecular weight excluding hydrogens is 250 g/mol. The lowest BCUT2D eigenvalue weighted by Crippen LogP contribution is -2.19. The Balaban J connectivity index is 2.88. The quantitative estimate of drug-likeness (QED) is 0.797. The first-order chi connectivity index (χ1) is 9.05. The fourth-order valence-electron chi connectivity index (χ4n) is 2.54. The van der Waals surface area contributed by atoms with Gasteiger partial charge in [0.2, 0.25) is 5.65 Å². The number of nitrogens with zero attached hydrogens (tertiary/aromatic N) is 3. The summed E-state index contributed by atoms with van der Waals surface area (Å²) in [5, 5.41) is 0. The second kappa shape index (κ2) is 4.47. The summed E-state index contributed by atoms with van der Waals surface area (Å²) in [5.41, 5.74) is 4.02. The Labute approximate surface area is 121 Å². The molecule has 0 aliphatic rings. The lowest BCUT2D eigenvalue weighted by Gasteiger charge is -2.22. The van der Waals surface area contributed by atoms with Crippen LogP contribution in [0.15, 0.2) is 6.20 Å². The van der Waals surface area contributed by atoms with E-state index >= 15 is 0 Å². The van der Waals surface area contributed by atoms with E-state index in [9.17, 15) is 0 Å². The van der Waals surface area contributed by atoms with Crippen molar-refractivity contribution in [1.82, 2.24) is 14.4 Å². The van der Waals surface area contributed by atoms with Gasteiger partial charge in [0.1, 0.15) is 0 Å². The topological polar surface area (TPSA) is 39.4 Å². The van der Waals surface area contributed by atoms with Crippen molar-refractivity contribution in [2.45, 2.75) is 59.3 Å². The molecule has 2 rings (SSSR count). The van der Waals surface area contributed by atoms with Crippen LogP contribution in [-0.2, 0) is 10.8 Å². The van der Waals surface area contributed by atoms with Crippen molar-refractivity contribution in [3.63, 3.8) is 0 Å². The molecule has 0 amide bonds. The summed E-state index contributed by atoms with van der Waals surface area (Å²) in [7, 11) is 1.65. The minimum absolute atomic E-state index is 0.0189. The Bertz CT molecular complexity index is 642. The molecule has 0 saturated carbocycles. The molecule has 2 aromatic rings. The van der Waals surface area contributed by atoms with Crippen molar-refractivity contribution in [3.05, 3.63) is 23.3 Å². The molecular formula is C16H25N3O. The number of rotatable bonds is 1. The molecule has 0 aromatic carbocycles. The molecule has 0 fully saturated rings. The van der Waals surface area contributed by atoms with Gasteiger partial charge in [-0.1, -0.05) is 41.5 Å². The van der Waals surface area contributed by atoms with Crippen molar-refractivity contribution in [2.24, 2.45) is 0 Å². The molecule has 110 valence electrons. The van der Waals surface area contributed by atoms with Crippen molar-refractivity contribution >= 4 is 5.65 Å². The van der Waals surface area contributed by atoms with Crippen molar-refractivity contribution in [3.8, 4) is 5.88 Å². The van der Waals surface area contributed by atoms with Crippen LogP contribution in [0.2, 0.25) is 0 Å². The van der Waals surface area contributed by atoms with Gasteiger partial charge in [-0.05, 0) is 6.92 Å². The summed E-state index contributed by atoms with van der Waals surface area (Å²) < 4.78 is 7.59. The van der Waals surface area contributed by atoms with E-state index in [1.165, 1.54) is 5.69 Å². The minimum atomic E-state index is -0.0329. The van der Waals surface area contributed by atoms with Gasteiger partial charge in [-0.25, -0.2) is 9.97 Å². The summed E-state index contributed by atoms with van der Waals surface area (Å²) in [6.45, 7) is 15.1. The Morgan fingerprint density at radius 2 is 1.60 bits per heavy atom. The number of fused-ring (bicyclic) bond motifs is 1. The second-order valence-electron chi connectivity index (χ2n) is 7.37. The van der Waals surface area contributed by atoms with E-state index in [4.69, 9.17) is 4.74 Å². The summed E-state index contributed by atoms with van der Waals surface area (Å²) in [6.07, 6.45) is 2.10. The minimum Gasteiger partial charge on any atom is -0.478 e. The third kappa shape index (κ3) is 2.39. The van der Waals surface area contributed by atoms with E-state index in [1.807, 2.05) is 6.92 Å². The highest BCUT2D eigenvalue weighted by atomic mass is 16.5. The van der Waals surface area contributed by atoms with Gasteiger partial charge in [-0.2, -0.15) is 0 Å². The zero-order valence-electron chi connectivity index (χ0n) is 13.8. The Hall–Kier alpha value is -1.58. The van der Waals surface area contributed by atoms with Crippen LogP contribution in [0.3, 0.4) is 0 Å². The van der Waals surface area contributed by atoms with Crippen LogP contribution >= 0.6 is 0 Å². The lowest BCUT2D eigenvalue weighted by atomic mass is 9.90. The molecule has 0 spiro atoms.